The van der Waals surface area contributed by atoms with Crippen molar-refractivity contribution in [3.63, 3.8) is 0 Å². The molecule has 0 saturated carbocycles. The van der Waals surface area contributed by atoms with Crippen LogP contribution < -0.4 is 10.3 Å². The van der Waals surface area contributed by atoms with E-state index in [-0.39, 0.29) is 23.5 Å². The van der Waals surface area contributed by atoms with Gasteiger partial charge in [-0.15, -0.1) is 0 Å². The van der Waals surface area contributed by atoms with E-state index in [0.29, 0.717) is 16.8 Å². The second-order valence-electron chi connectivity index (χ2n) is 6.42. The maximum Gasteiger partial charge on any atom is 0.312 e. The molecule has 1 aliphatic carbocycles. The Balaban J connectivity index is 2.26. The highest BCUT2D eigenvalue weighted by atomic mass is 16.5. The molecule has 25 heavy (non-hydrogen) atoms. The van der Waals surface area contributed by atoms with Crippen LogP contribution in [0.3, 0.4) is 0 Å². The number of fused-ring (bicyclic) bond motifs is 1. The monoisotopic (exact) mass is 348 g/mol. The van der Waals surface area contributed by atoms with E-state index in [1.165, 1.54) is 27.2 Å². The van der Waals surface area contributed by atoms with E-state index in [1.807, 2.05) is 0 Å². The maximum atomic E-state index is 12.4. The Bertz CT molecular complexity index is 866. The van der Waals surface area contributed by atoms with Crippen LogP contribution in [0.15, 0.2) is 23.0 Å². The fourth-order valence-corrected chi connectivity index (χ4v) is 3.63. The third-order valence-corrected chi connectivity index (χ3v) is 4.76. The van der Waals surface area contributed by atoms with E-state index < -0.39 is 23.4 Å². The number of nitrogens with one attached hydrogen (secondary N) is 2. The average molecular weight is 348 g/mol. The predicted octanol–water partition coefficient (Wildman–Crippen LogP) is 0.645. The molecule has 0 spiro atoms. The van der Waals surface area contributed by atoms with Gasteiger partial charge >= 0.3 is 5.97 Å². The second kappa shape index (κ2) is 5.96. The van der Waals surface area contributed by atoms with Crippen LogP contribution >= 0.6 is 0 Å². The summed E-state index contributed by atoms with van der Waals surface area (Å²) >= 11 is 0. The van der Waals surface area contributed by atoms with Gasteiger partial charge < -0.3 is 24.8 Å². The first-order valence-electron chi connectivity index (χ1n) is 7.76. The molecular formula is C17H20N2O6. The third-order valence-electron chi connectivity index (χ3n) is 4.76. The molecule has 0 radical (unpaired) electrons. The summed E-state index contributed by atoms with van der Waals surface area (Å²) in [6.45, 7) is 1.54. The normalized spacial score (nSPS) is 25.3. The summed E-state index contributed by atoms with van der Waals surface area (Å²) in [5.41, 5.74) is -0.337. The smallest absolute Gasteiger partial charge is 0.312 e. The number of hydrogen-bond donors (Lipinski definition) is 4. The van der Waals surface area contributed by atoms with Crippen molar-refractivity contribution in [1.29, 1.82) is 0 Å². The molecule has 4 N–H and O–H groups in total. The number of aromatic nitrogens is 2. The van der Waals surface area contributed by atoms with Crippen molar-refractivity contribution in [2.75, 3.05) is 14.2 Å². The molecule has 3 rings (SSSR count). The number of benzene rings is 1. The number of esters is 1. The van der Waals surface area contributed by atoms with E-state index >= 15 is 0 Å². The van der Waals surface area contributed by atoms with E-state index in [4.69, 9.17) is 9.47 Å². The number of phenolic OH excluding ortho intramolecular Hbond substituents is 1. The highest BCUT2D eigenvalue weighted by Gasteiger charge is 2.51. The van der Waals surface area contributed by atoms with Gasteiger partial charge in [0, 0.05) is 23.6 Å². The first kappa shape index (κ1) is 17.1. The summed E-state index contributed by atoms with van der Waals surface area (Å²) < 4.78 is 10.0. The molecule has 1 aromatic carbocycles. The maximum absolute atomic E-state index is 12.4. The van der Waals surface area contributed by atoms with Gasteiger partial charge in [0.15, 0.2) is 11.5 Å². The van der Waals surface area contributed by atoms with Crippen LogP contribution in [0.1, 0.15) is 29.7 Å². The Hall–Kier alpha value is -2.74. The average Bonchev–Trinajstić information content (AvgIpc) is 2.92. The zero-order valence-corrected chi connectivity index (χ0v) is 14.1. The van der Waals surface area contributed by atoms with Gasteiger partial charge in [-0.2, -0.15) is 0 Å². The molecule has 2 aromatic rings. The molecule has 0 saturated heterocycles. The summed E-state index contributed by atoms with van der Waals surface area (Å²) in [6, 6.07) is 4.57. The van der Waals surface area contributed by atoms with Gasteiger partial charge in [-0.05, 0) is 24.6 Å². The number of carbonyl (C=O) groups excluding carboxylic acids is 1. The van der Waals surface area contributed by atoms with Gasteiger partial charge in [0.1, 0.15) is 0 Å². The van der Waals surface area contributed by atoms with Crippen molar-refractivity contribution >= 4 is 5.97 Å². The van der Waals surface area contributed by atoms with Crippen molar-refractivity contribution in [2.24, 2.45) is 5.92 Å². The first-order chi connectivity index (χ1) is 11.8. The Morgan fingerprint density at radius 1 is 1.32 bits per heavy atom. The van der Waals surface area contributed by atoms with Crippen LogP contribution in [0.5, 0.6) is 11.5 Å². The van der Waals surface area contributed by atoms with Crippen molar-refractivity contribution in [2.45, 2.75) is 24.9 Å². The van der Waals surface area contributed by atoms with Crippen LogP contribution in [0, 0.1) is 5.92 Å². The SMILES string of the molecule is COC(=O)[C@@H]1[C@H](c2ccc(O)c(OC)c2)c2c([nH][nH]c2=O)C[C@]1(C)O. The molecule has 1 aromatic heterocycles. The highest BCUT2D eigenvalue weighted by Crippen LogP contribution is 2.45. The fraction of sp³-hybridized carbons (Fsp3) is 0.412. The fourth-order valence-electron chi connectivity index (χ4n) is 3.63. The molecule has 8 nitrogen and oxygen atoms in total. The lowest BCUT2D eigenvalue weighted by Gasteiger charge is -2.40. The van der Waals surface area contributed by atoms with E-state index in [0.717, 1.165) is 0 Å². The number of carbonyl (C=O) groups is 1. The third kappa shape index (κ3) is 2.68. The number of phenols is 1. The van der Waals surface area contributed by atoms with Crippen LogP contribution in [-0.4, -0.2) is 46.2 Å². The minimum absolute atomic E-state index is 0.0633. The number of ether oxygens (including phenoxy) is 2. The molecule has 1 aliphatic rings. The minimum Gasteiger partial charge on any atom is -0.504 e. The van der Waals surface area contributed by atoms with E-state index in [1.54, 1.807) is 12.1 Å². The molecule has 8 heteroatoms. The van der Waals surface area contributed by atoms with Gasteiger partial charge in [-0.25, -0.2) is 0 Å². The molecule has 1 heterocycles. The van der Waals surface area contributed by atoms with Gasteiger partial charge in [-0.3, -0.25) is 14.7 Å². The topological polar surface area (TPSA) is 125 Å². The number of rotatable bonds is 3. The molecule has 3 atom stereocenters. The number of methoxy groups -OCH3 is 2. The predicted molar refractivity (Wildman–Crippen MR) is 87.7 cm³/mol. The molecule has 0 unspecified atom stereocenters. The zero-order chi connectivity index (χ0) is 18.4. The number of H-pyrrole nitrogens is 2. The van der Waals surface area contributed by atoms with Crippen molar-refractivity contribution < 1.29 is 24.5 Å². The Labute approximate surface area is 143 Å². The Morgan fingerprint density at radius 2 is 2.04 bits per heavy atom. The van der Waals surface area contributed by atoms with Crippen LogP contribution in [0.4, 0.5) is 0 Å². The van der Waals surface area contributed by atoms with Crippen LogP contribution in [0.2, 0.25) is 0 Å². The highest BCUT2D eigenvalue weighted by molar-refractivity contribution is 5.77. The van der Waals surface area contributed by atoms with E-state index in [9.17, 15) is 19.8 Å². The minimum atomic E-state index is -1.43. The lowest BCUT2D eigenvalue weighted by atomic mass is 9.66. The molecular weight excluding hydrogens is 328 g/mol. The summed E-state index contributed by atoms with van der Waals surface area (Å²) in [5, 5.41) is 26.0. The Kier molecular flexibility index (Phi) is 4.08. The quantitative estimate of drug-likeness (QED) is 0.604. The van der Waals surface area contributed by atoms with Gasteiger partial charge in [-0.1, -0.05) is 6.07 Å². The van der Waals surface area contributed by atoms with Crippen molar-refractivity contribution in [1.82, 2.24) is 10.2 Å². The van der Waals surface area contributed by atoms with Crippen molar-refractivity contribution in [3.05, 3.63) is 45.4 Å². The second-order valence-corrected chi connectivity index (χ2v) is 6.42. The summed E-state index contributed by atoms with van der Waals surface area (Å²) in [5.74, 6) is -2.22. The molecule has 0 aliphatic heterocycles. The Morgan fingerprint density at radius 3 is 2.68 bits per heavy atom. The number of aromatic hydroxyl groups is 1. The largest absolute Gasteiger partial charge is 0.504 e. The molecule has 0 fully saturated rings. The summed E-state index contributed by atoms with van der Waals surface area (Å²) in [7, 11) is 2.64. The lowest BCUT2D eigenvalue weighted by Crippen LogP contribution is -2.49. The summed E-state index contributed by atoms with van der Waals surface area (Å²) in [4.78, 5) is 24.8. The van der Waals surface area contributed by atoms with E-state index in [2.05, 4.69) is 10.2 Å². The number of aromatic amines is 2. The molecule has 0 bridgehead atoms. The van der Waals surface area contributed by atoms with Crippen LogP contribution in [0.25, 0.3) is 0 Å². The van der Waals surface area contributed by atoms with Crippen molar-refractivity contribution in [3.8, 4) is 11.5 Å². The molecule has 0 amide bonds. The van der Waals surface area contributed by atoms with Gasteiger partial charge in [0.2, 0.25) is 0 Å². The first-order valence-corrected chi connectivity index (χ1v) is 7.76. The number of hydrogen-bond acceptors (Lipinski definition) is 6. The standard InChI is InChI=1S/C17H20N2O6/c1-17(23)7-9-13(15(21)19-18-9)12(14(17)16(22)25-3)8-4-5-10(20)11(6-8)24-2/h4-6,12,14,20,23H,7H2,1-3H3,(H2,18,19,21)/t12-,14+,17+/m1/s1. The number of aliphatic hydroxyl groups is 1. The van der Waals surface area contributed by atoms with Crippen LogP contribution in [-0.2, 0) is 16.0 Å². The lowest BCUT2D eigenvalue weighted by molar-refractivity contribution is -0.156. The van der Waals surface area contributed by atoms with Gasteiger partial charge in [0.25, 0.3) is 5.56 Å². The summed E-state index contributed by atoms with van der Waals surface area (Å²) in [6.07, 6.45) is 0.104. The molecule has 134 valence electrons. The zero-order valence-electron chi connectivity index (χ0n) is 14.1. The van der Waals surface area contributed by atoms with Gasteiger partial charge in [0.05, 0.1) is 25.7 Å².